The molecular weight excluding hydrogens is 304 g/mol. The Morgan fingerprint density at radius 1 is 0.958 bits per heavy atom. The summed E-state index contributed by atoms with van der Waals surface area (Å²) in [5.74, 6) is 1.25. The van der Waals surface area contributed by atoms with Gasteiger partial charge in [0.25, 0.3) is 0 Å². The topological polar surface area (TPSA) is 59.6 Å². The van der Waals surface area contributed by atoms with E-state index in [1.807, 2.05) is 36.4 Å². The van der Waals surface area contributed by atoms with Crippen molar-refractivity contribution in [2.45, 2.75) is 20.4 Å². The van der Waals surface area contributed by atoms with Gasteiger partial charge in [-0.1, -0.05) is 12.1 Å². The molecular formula is C19H24N2O3. The molecule has 5 nitrogen and oxygen atoms in total. The van der Waals surface area contributed by atoms with Crippen LogP contribution in [0.5, 0.6) is 11.5 Å². The van der Waals surface area contributed by atoms with Gasteiger partial charge in [-0.2, -0.15) is 0 Å². The molecule has 0 spiro atoms. The van der Waals surface area contributed by atoms with Crippen LogP contribution in [0.25, 0.3) is 0 Å². The number of benzene rings is 2. The van der Waals surface area contributed by atoms with E-state index < -0.39 is 0 Å². The minimum absolute atomic E-state index is 0.0667. The highest BCUT2D eigenvalue weighted by molar-refractivity contribution is 5.80. The van der Waals surface area contributed by atoms with Crippen LogP contribution in [0.1, 0.15) is 16.7 Å². The summed E-state index contributed by atoms with van der Waals surface area (Å²) < 4.78 is 10.5. The Kier molecular flexibility index (Phi) is 6.07. The van der Waals surface area contributed by atoms with Crippen molar-refractivity contribution < 1.29 is 14.3 Å². The maximum atomic E-state index is 12.0. The Hall–Kier alpha value is -2.69. The van der Waals surface area contributed by atoms with Gasteiger partial charge in [0.1, 0.15) is 0 Å². The Morgan fingerprint density at radius 3 is 2.38 bits per heavy atom. The van der Waals surface area contributed by atoms with Crippen LogP contribution in [0.2, 0.25) is 0 Å². The summed E-state index contributed by atoms with van der Waals surface area (Å²) in [4.78, 5) is 12.0. The van der Waals surface area contributed by atoms with Crippen molar-refractivity contribution >= 4 is 11.6 Å². The number of carbonyl (C=O) groups is 1. The zero-order valence-electron chi connectivity index (χ0n) is 14.6. The van der Waals surface area contributed by atoms with Crippen molar-refractivity contribution in [1.82, 2.24) is 5.32 Å². The molecule has 0 aliphatic rings. The summed E-state index contributed by atoms with van der Waals surface area (Å²) in [6.45, 7) is 4.79. The maximum absolute atomic E-state index is 12.0. The molecule has 0 unspecified atom stereocenters. The van der Waals surface area contributed by atoms with Gasteiger partial charge >= 0.3 is 0 Å². The number of rotatable bonds is 7. The summed E-state index contributed by atoms with van der Waals surface area (Å²) in [6.07, 6.45) is 0. The Balaban J connectivity index is 1.85. The zero-order chi connectivity index (χ0) is 17.5. The third-order valence-corrected chi connectivity index (χ3v) is 3.90. The smallest absolute Gasteiger partial charge is 0.239 e. The number of methoxy groups -OCH3 is 2. The van der Waals surface area contributed by atoms with Crippen LogP contribution in [0.4, 0.5) is 5.69 Å². The average molecular weight is 328 g/mol. The first kappa shape index (κ1) is 17.7. The van der Waals surface area contributed by atoms with Crippen molar-refractivity contribution in [1.29, 1.82) is 0 Å². The Morgan fingerprint density at radius 2 is 1.71 bits per heavy atom. The molecule has 0 heterocycles. The first-order valence-corrected chi connectivity index (χ1v) is 7.82. The normalized spacial score (nSPS) is 10.2. The van der Waals surface area contributed by atoms with E-state index in [9.17, 15) is 4.79 Å². The molecule has 0 bridgehead atoms. The number of hydrogen-bond donors (Lipinski definition) is 2. The van der Waals surface area contributed by atoms with Gasteiger partial charge in [0, 0.05) is 12.2 Å². The number of aryl methyl sites for hydroxylation is 2. The molecule has 2 aromatic carbocycles. The minimum atomic E-state index is -0.0667. The lowest BCUT2D eigenvalue weighted by molar-refractivity contribution is -0.119. The van der Waals surface area contributed by atoms with E-state index in [1.54, 1.807) is 14.2 Å². The second-order valence-corrected chi connectivity index (χ2v) is 5.62. The molecule has 128 valence electrons. The van der Waals surface area contributed by atoms with Crippen LogP contribution in [0.3, 0.4) is 0 Å². The maximum Gasteiger partial charge on any atom is 0.239 e. The van der Waals surface area contributed by atoms with E-state index in [0.29, 0.717) is 18.0 Å². The second-order valence-electron chi connectivity index (χ2n) is 5.62. The fraction of sp³-hybridized carbons (Fsp3) is 0.316. The zero-order valence-corrected chi connectivity index (χ0v) is 14.6. The van der Waals surface area contributed by atoms with Crippen molar-refractivity contribution in [3.63, 3.8) is 0 Å². The van der Waals surface area contributed by atoms with Crippen molar-refractivity contribution in [3.8, 4) is 11.5 Å². The van der Waals surface area contributed by atoms with Gasteiger partial charge in [0.2, 0.25) is 5.91 Å². The first-order valence-electron chi connectivity index (χ1n) is 7.82. The fourth-order valence-electron chi connectivity index (χ4n) is 2.29. The predicted molar refractivity (Wildman–Crippen MR) is 95.8 cm³/mol. The van der Waals surface area contributed by atoms with Gasteiger partial charge in [-0.15, -0.1) is 0 Å². The number of amides is 1. The molecule has 0 aromatic heterocycles. The number of ether oxygens (including phenoxy) is 2. The highest BCUT2D eigenvalue weighted by atomic mass is 16.5. The minimum Gasteiger partial charge on any atom is -0.493 e. The van der Waals surface area contributed by atoms with Crippen LogP contribution < -0.4 is 20.1 Å². The third-order valence-electron chi connectivity index (χ3n) is 3.90. The third kappa shape index (κ3) is 4.65. The molecule has 1 amide bonds. The van der Waals surface area contributed by atoms with Gasteiger partial charge in [-0.05, 0) is 54.8 Å². The van der Waals surface area contributed by atoms with Gasteiger partial charge in [-0.3, -0.25) is 4.79 Å². The molecule has 0 radical (unpaired) electrons. The number of nitrogens with one attached hydrogen (secondary N) is 2. The molecule has 2 rings (SSSR count). The summed E-state index contributed by atoms with van der Waals surface area (Å²) >= 11 is 0. The van der Waals surface area contributed by atoms with Crippen molar-refractivity contribution in [3.05, 3.63) is 53.1 Å². The van der Waals surface area contributed by atoms with Crippen molar-refractivity contribution in [2.75, 3.05) is 26.1 Å². The first-order chi connectivity index (χ1) is 11.5. The van der Waals surface area contributed by atoms with E-state index in [-0.39, 0.29) is 12.5 Å². The number of carbonyl (C=O) groups excluding carboxylic acids is 1. The van der Waals surface area contributed by atoms with Gasteiger partial charge in [0.15, 0.2) is 11.5 Å². The molecule has 0 atom stereocenters. The molecule has 5 heteroatoms. The lowest BCUT2D eigenvalue weighted by atomic mass is 10.1. The van der Waals surface area contributed by atoms with Crippen LogP contribution in [0.15, 0.2) is 36.4 Å². The average Bonchev–Trinajstić information content (AvgIpc) is 2.60. The lowest BCUT2D eigenvalue weighted by Gasteiger charge is -2.11. The summed E-state index contributed by atoms with van der Waals surface area (Å²) in [6, 6.07) is 11.6. The van der Waals surface area contributed by atoms with Gasteiger partial charge < -0.3 is 20.1 Å². The molecule has 24 heavy (non-hydrogen) atoms. The highest BCUT2D eigenvalue weighted by Gasteiger charge is 2.06. The van der Waals surface area contributed by atoms with Gasteiger partial charge in [0.05, 0.1) is 20.8 Å². The van der Waals surface area contributed by atoms with Crippen molar-refractivity contribution in [2.24, 2.45) is 0 Å². The number of hydrogen-bond acceptors (Lipinski definition) is 4. The van der Waals surface area contributed by atoms with Crippen LogP contribution in [-0.4, -0.2) is 26.7 Å². The molecule has 2 aromatic rings. The quantitative estimate of drug-likeness (QED) is 0.820. The molecule has 0 saturated heterocycles. The number of anilines is 1. The van der Waals surface area contributed by atoms with Crippen LogP contribution in [-0.2, 0) is 11.3 Å². The molecule has 0 fully saturated rings. The monoisotopic (exact) mass is 328 g/mol. The van der Waals surface area contributed by atoms with Crippen LogP contribution in [0, 0.1) is 13.8 Å². The van der Waals surface area contributed by atoms with Gasteiger partial charge in [-0.25, -0.2) is 0 Å². The molecule has 0 aliphatic heterocycles. The second kappa shape index (κ2) is 8.24. The lowest BCUT2D eigenvalue weighted by Crippen LogP contribution is -2.29. The standard InChI is InChI=1S/C19H24N2O3/c1-13-5-7-16(9-14(13)2)20-12-19(22)21-11-15-6-8-17(23-3)18(10-15)24-4/h5-10,20H,11-12H2,1-4H3,(H,21,22). The Bertz CT molecular complexity index is 714. The Labute approximate surface area is 143 Å². The largest absolute Gasteiger partial charge is 0.493 e. The summed E-state index contributed by atoms with van der Waals surface area (Å²) in [7, 11) is 3.19. The molecule has 2 N–H and O–H groups in total. The van der Waals surface area contributed by atoms with E-state index in [2.05, 4.69) is 24.5 Å². The van der Waals surface area contributed by atoms with Crippen LogP contribution >= 0.6 is 0 Å². The predicted octanol–water partition coefficient (Wildman–Crippen LogP) is 3.05. The van der Waals surface area contributed by atoms with E-state index in [4.69, 9.17) is 9.47 Å². The SMILES string of the molecule is COc1ccc(CNC(=O)CNc2ccc(C)c(C)c2)cc1OC. The van der Waals surface area contributed by atoms with E-state index >= 15 is 0 Å². The summed E-state index contributed by atoms with van der Waals surface area (Å²) in [5.41, 5.74) is 4.33. The molecule has 0 saturated carbocycles. The van der Waals surface area contributed by atoms with E-state index in [1.165, 1.54) is 11.1 Å². The molecule has 0 aliphatic carbocycles. The van der Waals surface area contributed by atoms with E-state index in [0.717, 1.165) is 11.3 Å². The summed E-state index contributed by atoms with van der Waals surface area (Å²) in [5, 5.41) is 6.02. The highest BCUT2D eigenvalue weighted by Crippen LogP contribution is 2.27. The fourth-order valence-corrected chi connectivity index (χ4v) is 2.29.